The molecule has 1 aromatic carbocycles. The fourth-order valence-electron chi connectivity index (χ4n) is 6.13. The number of carbonyl (C=O) groups excluding carboxylic acids is 1. The van der Waals surface area contributed by atoms with E-state index in [1.165, 1.54) is 50.5 Å². The van der Waals surface area contributed by atoms with Crippen LogP contribution in [0.5, 0.6) is 5.75 Å². The number of carbonyl (C=O) groups is 1. The molecule has 4 nitrogen and oxygen atoms in total. The van der Waals surface area contributed by atoms with Gasteiger partial charge in [-0.05, 0) is 68.5 Å². The molecule has 3 aliphatic rings. The molecule has 2 fully saturated rings. The molecule has 1 saturated heterocycles. The number of hydrogen-bond acceptors (Lipinski definition) is 3. The third-order valence-corrected chi connectivity index (χ3v) is 8.13. The SMILES string of the molecule is CN1CCOc2ccccc2CCCCC2(CCN(C(=O)CCC3CCCC3)CC2)C1. The Kier molecular flexibility index (Phi) is 7.92. The van der Waals surface area contributed by atoms with E-state index in [2.05, 4.69) is 41.1 Å². The Balaban J connectivity index is 1.31. The zero-order chi connectivity index (χ0) is 21.5. The van der Waals surface area contributed by atoms with Crippen LogP contribution in [0.15, 0.2) is 24.3 Å². The van der Waals surface area contributed by atoms with Gasteiger partial charge in [-0.1, -0.05) is 50.3 Å². The first-order chi connectivity index (χ1) is 15.1. The monoisotopic (exact) mass is 426 g/mol. The maximum Gasteiger partial charge on any atom is 0.222 e. The van der Waals surface area contributed by atoms with Gasteiger partial charge in [-0.2, -0.15) is 0 Å². The smallest absolute Gasteiger partial charge is 0.222 e. The van der Waals surface area contributed by atoms with Crippen LogP contribution in [-0.2, 0) is 11.2 Å². The predicted molar refractivity (Wildman–Crippen MR) is 126 cm³/mol. The van der Waals surface area contributed by atoms with E-state index >= 15 is 0 Å². The summed E-state index contributed by atoms with van der Waals surface area (Å²) < 4.78 is 6.13. The summed E-state index contributed by atoms with van der Waals surface area (Å²) in [6.07, 6.45) is 14.5. The number of benzene rings is 1. The highest BCUT2D eigenvalue weighted by molar-refractivity contribution is 5.76. The molecule has 4 rings (SSSR count). The molecule has 4 heteroatoms. The number of nitrogens with zero attached hydrogens (tertiary/aromatic N) is 2. The first kappa shape index (κ1) is 22.6. The zero-order valence-corrected chi connectivity index (χ0v) is 19.6. The van der Waals surface area contributed by atoms with Crippen molar-refractivity contribution in [3.8, 4) is 5.75 Å². The van der Waals surface area contributed by atoms with Crippen molar-refractivity contribution in [3.05, 3.63) is 29.8 Å². The summed E-state index contributed by atoms with van der Waals surface area (Å²) in [5.41, 5.74) is 1.71. The first-order valence-electron chi connectivity index (χ1n) is 12.8. The van der Waals surface area contributed by atoms with Gasteiger partial charge in [-0.3, -0.25) is 4.79 Å². The van der Waals surface area contributed by atoms with Crippen molar-refractivity contribution >= 4 is 5.91 Å². The van der Waals surface area contributed by atoms with Gasteiger partial charge < -0.3 is 14.5 Å². The van der Waals surface area contributed by atoms with E-state index in [4.69, 9.17) is 4.74 Å². The van der Waals surface area contributed by atoms with E-state index in [9.17, 15) is 4.79 Å². The summed E-state index contributed by atoms with van der Waals surface area (Å²) in [5, 5.41) is 0. The van der Waals surface area contributed by atoms with Crippen LogP contribution in [0, 0.1) is 11.3 Å². The number of likely N-dealkylation sites (N-methyl/N-ethyl adjacent to an activating group) is 1. The Bertz CT molecular complexity index is 705. The van der Waals surface area contributed by atoms with Crippen LogP contribution in [-0.4, -0.2) is 55.5 Å². The highest BCUT2D eigenvalue weighted by atomic mass is 16.5. The van der Waals surface area contributed by atoms with E-state index < -0.39 is 0 Å². The van der Waals surface area contributed by atoms with Crippen molar-refractivity contribution < 1.29 is 9.53 Å². The van der Waals surface area contributed by atoms with E-state index in [0.717, 1.165) is 76.6 Å². The van der Waals surface area contributed by atoms with Crippen LogP contribution in [0.4, 0.5) is 0 Å². The molecule has 2 heterocycles. The van der Waals surface area contributed by atoms with E-state index in [0.29, 0.717) is 11.3 Å². The third-order valence-electron chi connectivity index (χ3n) is 8.13. The Labute approximate surface area is 189 Å². The molecule has 1 saturated carbocycles. The van der Waals surface area contributed by atoms with Crippen LogP contribution in [0.3, 0.4) is 0 Å². The predicted octanol–water partition coefficient (Wildman–Crippen LogP) is 5.30. The van der Waals surface area contributed by atoms with Gasteiger partial charge in [0, 0.05) is 32.6 Å². The summed E-state index contributed by atoms with van der Waals surface area (Å²) >= 11 is 0. The highest BCUT2D eigenvalue weighted by Gasteiger charge is 2.36. The average molecular weight is 427 g/mol. The molecular weight excluding hydrogens is 384 g/mol. The fraction of sp³-hybridized carbons (Fsp3) is 0.741. The van der Waals surface area contributed by atoms with Gasteiger partial charge in [0.2, 0.25) is 5.91 Å². The molecule has 0 bridgehead atoms. The Morgan fingerprint density at radius 2 is 1.81 bits per heavy atom. The average Bonchev–Trinajstić information content (AvgIpc) is 3.29. The largest absolute Gasteiger partial charge is 0.492 e. The van der Waals surface area contributed by atoms with E-state index in [1.54, 1.807) is 0 Å². The number of rotatable bonds is 3. The van der Waals surface area contributed by atoms with Gasteiger partial charge in [-0.25, -0.2) is 0 Å². The minimum absolute atomic E-state index is 0.357. The second kappa shape index (κ2) is 10.8. The molecule has 1 aromatic rings. The van der Waals surface area contributed by atoms with Gasteiger partial charge in [0.05, 0.1) is 0 Å². The van der Waals surface area contributed by atoms with Crippen LogP contribution >= 0.6 is 0 Å². The molecule has 0 unspecified atom stereocenters. The van der Waals surface area contributed by atoms with Crippen LogP contribution in [0.1, 0.15) is 76.2 Å². The summed E-state index contributed by atoms with van der Waals surface area (Å²) in [4.78, 5) is 17.4. The lowest BCUT2D eigenvalue weighted by Gasteiger charge is -2.44. The zero-order valence-electron chi connectivity index (χ0n) is 19.6. The number of para-hydroxylation sites is 1. The number of piperidine rings is 1. The van der Waals surface area contributed by atoms with Crippen LogP contribution < -0.4 is 4.74 Å². The summed E-state index contributed by atoms with van der Waals surface area (Å²) in [6.45, 7) is 4.74. The molecule has 0 aromatic heterocycles. The number of ether oxygens (including phenoxy) is 1. The molecular formula is C27H42N2O2. The Hall–Kier alpha value is -1.55. The third kappa shape index (κ3) is 6.25. The quantitative estimate of drug-likeness (QED) is 0.657. The maximum absolute atomic E-state index is 12.8. The lowest BCUT2D eigenvalue weighted by atomic mass is 9.73. The number of fused-ring (bicyclic) bond motifs is 1. The Morgan fingerprint density at radius 1 is 1.03 bits per heavy atom. The molecule has 0 atom stereocenters. The van der Waals surface area contributed by atoms with Crippen LogP contribution in [0.25, 0.3) is 0 Å². The first-order valence-corrected chi connectivity index (χ1v) is 12.8. The van der Waals surface area contributed by atoms with E-state index in [-0.39, 0.29) is 0 Å². The second-order valence-corrected chi connectivity index (χ2v) is 10.5. The summed E-state index contributed by atoms with van der Waals surface area (Å²) in [7, 11) is 2.24. The lowest BCUT2D eigenvalue weighted by molar-refractivity contribution is -0.134. The van der Waals surface area contributed by atoms with Crippen molar-refractivity contribution in [2.45, 2.75) is 77.0 Å². The molecule has 1 aliphatic carbocycles. The van der Waals surface area contributed by atoms with Gasteiger partial charge in [0.25, 0.3) is 0 Å². The minimum Gasteiger partial charge on any atom is -0.492 e. The maximum atomic E-state index is 12.8. The summed E-state index contributed by atoms with van der Waals surface area (Å²) in [5.74, 6) is 2.29. The molecule has 0 radical (unpaired) electrons. The van der Waals surface area contributed by atoms with Crippen molar-refractivity contribution in [1.29, 1.82) is 0 Å². The molecule has 2 aliphatic heterocycles. The minimum atomic E-state index is 0.357. The van der Waals surface area contributed by atoms with Gasteiger partial charge in [-0.15, -0.1) is 0 Å². The number of likely N-dealkylation sites (tertiary alicyclic amines) is 1. The van der Waals surface area contributed by atoms with Gasteiger partial charge in [0.15, 0.2) is 0 Å². The lowest BCUT2D eigenvalue weighted by Crippen LogP contribution is -2.48. The molecule has 172 valence electrons. The normalized spacial score (nSPS) is 23.6. The fourth-order valence-corrected chi connectivity index (χ4v) is 6.13. The van der Waals surface area contributed by atoms with Crippen molar-refractivity contribution in [1.82, 2.24) is 9.80 Å². The molecule has 31 heavy (non-hydrogen) atoms. The standard InChI is InChI=1S/C27H42N2O2/c1-28-20-21-31-25-12-5-4-10-24(25)11-6-7-15-27(22-28)16-18-29(19-17-27)26(30)14-13-23-8-2-3-9-23/h4-5,10,12,23H,2-3,6-9,11,13-22H2,1H3. The van der Waals surface area contributed by atoms with Crippen molar-refractivity contribution in [2.75, 3.05) is 39.8 Å². The molecule has 0 N–H and O–H groups in total. The van der Waals surface area contributed by atoms with E-state index in [1.807, 2.05) is 0 Å². The highest BCUT2D eigenvalue weighted by Crippen LogP contribution is 2.38. The Morgan fingerprint density at radius 3 is 2.61 bits per heavy atom. The number of amides is 1. The van der Waals surface area contributed by atoms with Crippen molar-refractivity contribution in [3.63, 3.8) is 0 Å². The van der Waals surface area contributed by atoms with Crippen LogP contribution in [0.2, 0.25) is 0 Å². The summed E-state index contributed by atoms with van der Waals surface area (Å²) in [6, 6.07) is 8.53. The molecule has 1 amide bonds. The molecule has 1 spiro atoms. The van der Waals surface area contributed by atoms with Gasteiger partial charge in [0.1, 0.15) is 12.4 Å². The second-order valence-electron chi connectivity index (χ2n) is 10.5. The number of aryl methyl sites for hydroxylation is 1. The topological polar surface area (TPSA) is 32.8 Å². The van der Waals surface area contributed by atoms with Crippen molar-refractivity contribution in [2.24, 2.45) is 11.3 Å². The van der Waals surface area contributed by atoms with Gasteiger partial charge >= 0.3 is 0 Å². The number of hydrogen-bond donors (Lipinski definition) is 0.